The van der Waals surface area contributed by atoms with E-state index in [1.807, 2.05) is 31.2 Å². The normalized spacial score (nSPS) is 13.9. The van der Waals surface area contributed by atoms with Crippen molar-refractivity contribution in [3.8, 4) is 0 Å². The van der Waals surface area contributed by atoms with Crippen LogP contribution in [0.5, 0.6) is 0 Å². The molecular formula is C15H24N2O2. The standard InChI is InChI=1S/C15H24N2O2/c1-5-15(3,19-4)14(18)17-13-9-7-8-12(10-13)11-16-6-2/h7-10,16H,5-6,11H2,1-4H3,(H,17,18). The minimum Gasteiger partial charge on any atom is -0.369 e. The molecule has 2 N–H and O–H groups in total. The average Bonchev–Trinajstić information content (AvgIpc) is 2.44. The monoisotopic (exact) mass is 264 g/mol. The van der Waals surface area contributed by atoms with Crippen molar-refractivity contribution in [3.05, 3.63) is 29.8 Å². The zero-order chi connectivity index (χ0) is 14.3. The van der Waals surface area contributed by atoms with Crippen LogP contribution in [0.25, 0.3) is 0 Å². The molecule has 1 unspecified atom stereocenters. The van der Waals surface area contributed by atoms with Gasteiger partial charge in [0.25, 0.3) is 5.91 Å². The Morgan fingerprint density at radius 3 is 2.68 bits per heavy atom. The largest absolute Gasteiger partial charge is 0.369 e. The lowest BCUT2D eigenvalue weighted by molar-refractivity contribution is -0.136. The number of rotatable bonds is 7. The molecule has 0 aliphatic carbocycles. The summed E-state index contributed by atoms with van der Waals surface area (Å²) in [7, 11) is 1.56. The van der Waals surface area contributed by atoms with E-state index in [4.69, 9.17) is 4.74 Å². The van der Waals surface area contributed by atoms with Gasteiger partial charge >= 0.3 is 0 Å². The van der Waals surface area contributed by atoms with Crippen molar-refractivity contribution in [2.45, 2.75) is 39.3 Å². The number of carbonyl (C=O) groups excluding carboxylic acids is 1. The highest BCUT2D eigenvalue weighted by molar-refractivity contribution is 5.97. The van der Waals surface area contributed by atoms with Crippen LogP contribution in [0.3, 0.4) is 0 Å². The van der Waals surface area contributed by atoms with Gasteiger partial charge in [-0.15, -0.1) is 0 Å². The molecule has 0 aromatic heterocycles. The lowest BCUT2D eigenvalue weighted by atomic mass is 10.0. The second kappa shape index (κ2) is 7.26. The van der Waals surface area contributed by atoms with Gasteiger partial charge in [-0.05, 0) is 37.6 Å². The van der Waals surface area contributed by atoms with Crippen LogP contribution in [0.4, 0.5) is 5.69 Å². The number of ether oxygens (including phenoxy) is 1. The molecule has 4 nitrogen and oxygen atoms in total. The highest BCUT2D eigenvalue weighted by Gasteiger charge is 2.30. The van der Waals surface area contributed by atoms with Gasteiger partial charge in [0, 0.05) is 19.3 Å². The summed E-state index contributed by atoms with van der Waals surface area (Å²) in [4.78, 5) is 12.2. The van der Waals surface area contributed by atoms with E-state index in [1.165, 1.54) is 0 Å². The van der Waals surface area contributed by atoms with E-state index >= 15 is 0 Å². The zero-order valence-electron chi connectivity index (χ0n) is 12.2. The van der Waals surface area contributed by atoms with Crippen LogP contribution in [-0.4, -0.2) is 25.2 Å². The molecule has 0 saturated heterocycles. The predicted octanol–water partition coefficient (Wildman–Crippen LogP) is 2.55. The molecule has 1 amide bonds. The first-order valence-corrected chi connectivity index (χ1v) is 6.72. The van der Waals surface area contributed by atoms with Crippen molar-refractivity contribution in [3.63, 3.8) is 0 Å². The van der Waals surface area contributed by atoms with E-state index in [2.05, 4.69) is 17.6 Å². The molecule has 4 heteroatoms. The number of benzene rings is 1. The van der Waals surface area contributed by atoms with Crippen LogP contribution in [0.1, 0.15) is 32.8 Å². The summed E-state index contributed by atoms with van der Waals surface area (Å²) in [6, 6.07) is 7.84. The number of hydrogen-bond donors (Lipinski definition) is 2. The van der Waals surface area contributed by atoms with Crippen molar-refractivity contribution >= 4 is 11.6 Å². The summed E-state index contributed by atoms with van der Waals surface area (Å²) in [6.45, 7) is 7.52. The molecule has 1 aromatic carbocycles. The fourth-order valence-electron chi connectivity index (χ4n) is 1.69. The molecule has 0 bridgehead atoms. The SMILES string of the molecule is CCNCc1cccc(NC(=O)C(C)(CC)OC)c1. The quantitative estimate of drug-likeness (QED) is 0.795. The van der Waals surface area contributed by atoms with Gasteiger partial charge in [0.1, 0.15) is 5.60 Å². The highest BCUT2D eigenvalue weighted by atomic mass is 16.5. The van der Waals surface area contributed by atoms with Crippen molar-refractivity contribution in [2.75, 3.05) is 19.0 Å². The van der Waals surface area contributed by atoms with Crippen molar-refractivity contribution < 1.29 is 9.53 Å². The van der Waals surface area contributed by atoms with E-state index in [9.17, 15) is 4.79 Å². The summed E-state index contributed by atoms with van der Waals surface area (Å²) < 4.78 is 5.29. The van der Waals surface area contributed by atoms with Gasteiger partial charge < -0.3 is 15.4 Å². The van der Waals surface area contributed by atoms with Crippen molar-refractivity contribution in [1.29, 1.82) is 0 Å². The van der Waals surface area contributed by atoms with E-state index < -0.39 is 5.60 Å². The molecule has 0 heterocycles. The fourth-order valence-corrected chi connectivity index (χ4v) is 1.69. The lowest BCUT2D eigenvalue weighted by Gasteiger charge is -2.25. The molecule has 0 radical (unpaired) electrons. The van der Waals surface area contributed by atoms with Crippen molar-refractivity contribution in [1.82, 2.24) is 5.32 Å². The molecule has 0 fully saturated rings. The van der Waals surface area contributed by atoms with Gasteiger partial charge in [-0.1, -0.05) is 26.0 Å². The summed E-state index contributed by atoms with van der Waals surface area (Å²) in [5.74, 6) is -0.113. The Hall–Kier alpha value is -1.39. The van der Waals surface area contributed by atoms with Gasteiger partial charge in [0.15, 0.2) is 0 Å². The Bertz CT molecular complexity index is 414. The van der Waals surface area contributed by atoms with Crippen LogP contribution in [0.15, 0.2) is 24.3 Å². The van der Waals surface area contributed by atoms with Crippen LogP contribution >= 0.6 is 0 Å². The van der Waals surface area contributed by atoms with Crippen LogP contribution in [0, 0.1) is 0 Å². The minimum absolute atomic E-state index is 0.113. The van der Waals surface area contributed by atoms with E-state index in [0.717, 1.165) is 24.3 Å². The molecule has 19 heavy (non-hydrogen) atoms. The maximum absolute atomic E-state index is 12.2. The Morgan fingerprint density at radius 1 is 1.37 bits per heavy atom. The van der Waals surface area contributed by atoms with E-state index in [-0.39, 0.29) is 5.91 Å². The highest BCUT2D eigenvalue weighted by Crippen LogP contribution is 2.18. The summed E-state index contributed by atoms with van der Waals surface area (Å²) in [5, 5.41) is 6.17. The number of hydrogen-bond acceptors (Lipinski definition) is 3. The fraction of sp³-hybridized carbons (Fsp3) is 0.533. The maximum atomic E-state index is 12.2. The molecule has 1 aromatic rings. The molecule has 0 aliphatic heterocycles. The van der Waals surface area contributed by atoms with E-state index in [1.54, 1.807) is 14.0 Å². The van der Waals surface area contributed by atoms with E-state index in [0.29, 0.717) is 6.42 Å². The molecule has 0 spiro atoms. The molecule has 106 valence electrons. The Balaban J connectivity index is 2.74. The van der Waals surface area contributed by atoms with Crippen LogP contribution < -0.4 is 10.6 Å². The van der Waals surface area contributed by atoms with Gasteiger partial charge in [-0.3, -0.25) is 4.79 Å². The summed E-state index contributed by atoms with van der Waals surface area (Å²) >= 11 is 0. The summed E-state index contributed by atoms with van der Waals surface area (Å²) in [5.41, 5.74) is 1.17. The Kier molecular flexibility index (Phi) is 5.99. The van der Waals surface area contributed by atoms with Crippen LogP contribution in [0.2, 0.25) is 0 Å². The molecule has 0 aliphatic rings. The molecular weight excluding hydrogens is 240 g/mol. The number of nitrogens with one attached hydrogen (secondary N) is 2. The van der Waals surface area contributed by atoms with Gasteiger partial charge in [-0.2, -0.15) is 0 Å². The number of anilines is 1. The molecule has 0 saturated carbocycles. The second-order valence-corrected chi connectivity index (χ2v) is 4.72. The number of carbonyl (C=O) groups is 1. The van der Waals surface area contributed by atoms with Crippen LogP contribution in [-0.2, 0) is 16.1 Å². The van der Waals surface area contributed by atoms with Crippen molar-refractivity contribution in [2.24, 2.45) is 0 Å². The molecule has 1 atom stereocenters. The first kappa shape index (κ1) is 15.7. The minimum atomic E-state index is -0.780. The number of methoxy groups -OCH3 is 1. The third kappa shape index (κ3) is 4.33. The van der Waals surface area contributed by atoms with Gasteiger partial charge in [0.2, 0.25) is 0 Å². The predicted molar refractivity (Wildman–Crippen MR) is 78.2 cm³/mol. The Morgan fingerprint density at radius 2 is 2.11 bits per heavy atom. The van der Waals surface area contributed by atoms with Gasteiger partial charge in [-0.25, -0.2) is 0 Å². The third-order valence-electron chi connectivity index (χ3n) is 3.37. The number of amides is 1. The topological polar surface area (TPSA) is 50.4 Å². The third-order valence-corrected chi connectivity index (χ3v) is 3.37. The molecule has 1 rings (SSSR count). The lowest BCUT2D eigenvalue weighted by Crippen LogP contribution is -2.41. The van der Waals surface area contributed by atoms with Gasteiger partial charge in [0.05, 0.1) is 0 Å². The smallest absolute Gasteiger partial charge is 0.256 e. The maximum Gasteiger partial charge on any atom is 0.256 e. The summed E-state index contributed by atoms with van der Waals surface area (Å²) in [6.07, 6.45) is 0.631. The first-order chi connectivity index (χ1) is 9.05. The average molecular weight is 264 g/mol. The Labute approximate surface area is 115 Å². The zero-order valence-corrected chi connectivity index (χ0v) is 12.2. The first-order valence-electron chi connectivity index (χ1n) is 6.72. The second-order valence-electron chi connectivity index (χ2n) is 4.72.